The van der Waals surface area contributed by atoms with Gasteiger partial charge in [-0.25, -0.2) is 5.01 Å². The van der Waals surface area contributed by atoms with Crippen LogP contribution in [0.25, 0.3) is 0 Å². The van der Waals surface area contributed by atoms with Gasteiger partial charge in [-0.1, -0.05) is 34.9 Å². The lowest BCUT2D eigenvalue weighted by Gasteiger charge is -2.35. The van der Waals surface area contributed by atoms with Crippen molar-refractivity contribution in [3.8, 4) is 0 Å². The van der Waals surface area contributed by atoms with Crippen molar-refractivity contribution in [3.63, 3.8) is 0 Å². The van der Waals surface area contributed by atoms with E-state index in [9.17, 15) is 9.59 Å². The minimum atomic E-state index is -0.561. The second-order valence-corrected chi connectivity index (χ2v) is 7.50. The van der Waals surface area contributed by atoms with Crippen molar-refractivity contribution in [1.82, 2.24) is 10.4 Å². The highest BCUT2D eigenvalue weighted by Crippen LogP contribution is 2.18. The molecule has 132 valence electrons. The van der Waals surface area contributed by atoms with Crippen molar-refractivity contribution >= 4 is 11.8 Å². The quantitative estimate of drug-likeness (QED) is 0.835. The van der Waals surface area contributed by atoms with Gasteiger partial charge >= 0.3 is 0 Å². The second-order valence-electron chi connectivity index (χ2n) is 7.50. The summed E-state index contributed by atoms with van der Waals surface area (Å²) in [5.74, 6) is -0.517. The molecule has 0 aliphatic rings. The number of hydrogen-bond donors (Lipinski definition) is 1. The molecule has 0 atom stereocenters. The number of nitrogens with zero attached hydrogens (tertiary/aromatic N) is 1. The average Bonchev–Trinajstić information content (AvgIpc) is 2.49. The SMILES string of the molecule is Cc1cccc(C(=O)NN(C(=O)c2cc(C)cc(C)c2)C(C)(C)C)c1. The minimum absolute atomic E-state index is 0.222. The molecule has 0 radical (unpaired) electrons. The van der Waals surface area contributed by atoms with Crippen LogP contribution in [0.15, 0.2) is 42.5 Å². The summed E-state index contributed by atoms with van der Waals surface area (Å²) in [5, 5.41) is 1.41. The molecule has 0 unspecified atom stereocenters. The molecule has 1 N–H and O–H groups in total. The van der Waals surface area contributed by atoms with E-state index >= 15 is 0 Å². The second kappa shape index (κ2) is 7.09. The first-order valence-electron chi connectivity index (χ1n) is 8.38. The van der Waals surface area contributed by atoms with Gasteiger partial charge < -0.3 is 0 Å². The number of hydrazine groups is 1. The van der Waals surface area contributed by atoms with Crippen molar-refractivity contribution < 1.29 is 9.59 Å². The highest BCUT2D eigenvalue weighted by atomic mass is 16.2. The fourth-order valence-corrected chi connectivity index (χ4v) is 2.70. The Balaban J connectivity index is 2.33. The summed E-state index contributed by atoms with van der Waals surface area (Å²) in [6, 6.07) is 13.0. The molecule has 0 spiro atoms. The lowest BCUT2D eigenvalue weighted by Crippen LogP contribution is -2.55. The number of amides is 2. The summed E-state index contributed by atoms with van der Waals surface area (Å²) >= 11 is 0. The third kappa shape index (κ3) is 4.69. The summed E-state index contributed by atoms with van der Waals surface area (Å²) in [7, 11) is 0. The maximum atomic E-state index is 13.0. The van der Waals surface area contributed by atoms with E-state index in [-0.39, 0.29) is 11.8 Å². The fraction of sp³-hybridized carbons (Fsp3) is 0.333. The molecule has 2 aromatic rings. The van der Waals surface area contributed by atoms with Gasteiger partial charge in [0.15, 0.2) is 0 Å². The molecule has 4 heteroatoms. The summed E-state index contributed by atoms with van der Waals surface area (Å²) in [6.45, 7) is 11.5. The number of carbonyl (C=O) groups excluding carboxylic acids is 2. The maximum absolute atomic E-state index is 13.0. The van der Waals surface area contributed by atoms with Gasteiger partial charge in [-0.3, -0.25) is 15.0 Å². The van der Waals surface area contributed by atoms with Crippen molar-refractivity contribution in [2.45, 2.75) is 47.1 Å². The standard InChI is InChI=1S/C21H26N2O2/c1-14-8-7-9-17(11-14)19(24)22-23(21(4,5)6)20(25)18-12-15(2)10-16(3)13-18/h7-13H,1-6H3,(H,22,24). The normalized spacial score (nSPS) is 11.1. The number of nitrogens with one attached hydrogen (secondary N) is 1. The van der Waals surface area contributed by atoms with Crippen LogP contribution in [-0.2, 0) is 0 Å². The van der Waals surface area contributed by atoms with Crippen LogP contribution in [0.2, 0.25) is 0 Å². The molecule has 4 nitrogen and oxygen atoms in total. The van der Waals surface area contributed by atoms with Crippen molar-refractivity contribution in [3.05, 3.63) is 70.3 Å². The lowest BCUT2D eigenvalue weighted by atomic mass is 10.0. The zero-order chi connectivity index (χ0) is 18.8. The summed E-state index contributed by atoms with van der Waals surface area (Å²) in [6.07, 6.45) is 0. The first-order valence-corrected chi connectivity index (χ1v) is 8.38. The van der Waals surface area contributed by atoms with E-state index in [1.54, 1.807) is 12.1 Å². The van der Waals surface area contributed by atoms with Gasteiger partial charge in [0.1, 0.15) is 0 Å². The monoisotopic (exact) mass is 338 g/mol. The van der Waals surface area contributed by atoms with Crippen LogP contribution in [0.3, 0.4) is 0 Å². The smallest absolute Gasteiger partial charge is 0.267 e. The fourth-order valence-electron chi connectivity index (χ4n) is 2.70. The van der Waals surface area contributed by atoms with E-state index in [1.807, 2.05) is 71.9 Å². The first kappa shape index (κ1) is 18.7. The van der Waals surface area contributed by atoms with Gasteiger partial charge in [-0.15, -0.1) is 0 Å². The van der Waals surface area contributed by atoms with Gasteiger partial charge in [0.2, 0.25) is 0 Å². The van der Waals surface area contributed by atoms with Crippen LogP contribution >= 0.6 is 0 Å². The predicted molar refractivity (Wildman–Crippen MR) is 100 cm³/mol. The molecule has 2 rings (SSSR count). The van der Waals surface area contributed by atoms with Crippen molar-refractivity contribution in [2.75, 3.05) is 0 Å². The van der Waals surface area contributed by atoms with Crippen LogP contribution in [-0.4, -0.2) is 22.4 Å². The van der Waals surface area contributed by atoms with Gasteiger partial charge in [-0.2, -0.15) is 0 Å². The van der Waals surface area contributed by atoms with E-state index in [2.05, 4.69) is 5.43 Å². The van der Waals surface area contributed by atoms with E-state index in [4.69, 9.17) is 0 Å². The molecule has 0 aliphatic heterocycles. The molecule has 0 fully saturated rings. The van der Waals surface area contributed by atoms with E-state index in [0.29, 0.717) is 11.1 Å². The Bertz CT molecular complexity index is 784. The number of benzene rings is 2. The third-order valence-corrected chi connectivity index (χ3v) is 3.84. The van der Waals surface area contributed by atoms with Crippen molar-refractivity contribution in [2.24, 2.45) is 0 Å². The van der Waals surface area contributed by atoms with Crippen LogP contribution in [0, 0.1) is 20.8 Å². The number of rotatable bonds is 2. The Morgan fingerprint density at radius 2 is 1.40 bits per heavy atom. The number of hydrogen-bond acceptors (Lipinski definition) is 2. The van der Waals surface area contributed by atoms with Crippen LogP contribution in [0.5, 0.6) is 0 Å². The van der Waals surface area contributed by atoms with Crippen LogP contribution in [0.1, 0.15) is 58.2 Å². The highest BCUT2D eigenvalue weighted by Gasteiger charge is 2.29. The predicted octanol–water partition coefficient (Wildman–Crippen LogP) is 4.20. The summed E-state index contributed by atoms with van der Waals surface area (Å²) in [4.78, 5) is 25.7. The molecule has 0 aliphatic carbocycles. The third-order valence-electron chi connectivity index (χ3n) is 3.84. The molecule has 0 saturated carbocycles. The lowest BCUT2D eigenvalue weighted by molar-refractivity contribution is 0.0358. The highest BCUT2D eigenvalue weighted by molar-refractivity contribution is 5.99. The number of carbonyl (C=O) groups is 2. The van der Waals surface area contributed by atoms with Gasteiger partial charge in [0.25, 0.3) is 11.8 Å². The van der Waals surface area contributed by atoms with E-state index < -0.39 is 5.54 Å². The molecule has 2 amide bonds. The van der Waals surface area contributed by atoms with Crippen LogP contribution in [0.4, 0.5) is 0 Å². The largest absolute Gasteiger partial charge is 0.272 e. The zero-order valence-electron chi connectivity index (χ0n) is 15.8. The Hall–Kier alpha value is -2.62. The number of aryl methyl sites for hydroxylation is 3. The van der Waals surface area contributed by atoms with Gasteiger partial charge in [0.05, 0.1) is 5.54 Å². The Kier molecular flexibility index (Phi) is 5.31. The van der Waals surface area contributed by atoms with E-state index in [1.165, 1.54) is 5.01 Å². The maximum Gasteiger partial charge on any atom is 0.272 e. The van der Waals surface area contributed by atoms with Crippen molar-refractivity contribution in [1.29, 1.82) is 0 Å². The molecule has 2 aromatic carbocycles. The zero-order valence-corrected chi connectivity index (χ0v) is 15.8. The van der Waals surface area contributed by atoms with Gasteiger partial charge in [-0.05, 0) is 65.8 Å². The average molecular weight is 338 g/mol. The van der Waals surface area contributed by atoms with Crippen LogP contribution < -0.4 is 5.43 Å². The first-order chi connectivity index (χ1) is 11.6. The van der Waals surface area contributed by atoms with E-state index in [0.717, 1.165) is 16.7 Å². The van der Waals surface area contributed by atoms with Gasteiger partial charge in [0, 0.05) is 11.1 Å². The molecule has 25 heavy (non-hydrogen) atoms. The molecule has 0 heterocycles. The Morgan fingerprint density at radius 3 is 1.92 bits per heavy atom. The Labute approximate surface area is 149 Å². The molecule has 0 bridgehead atoms. The summed E-state index contributed by atoms with van der Waals surface area (Å²) < 4.78 is 0. The molecule has 0 aromatic heterocycles. The molecular weight excluding hydrogens is 312 g/mol. The molecular formula is C21H26N2O2. The topological polar surface area (TPSA) is 49.4 Å². The molecule has 0 saturated heterocycles. The summed E-state index contributed by atoms with van der Waals surface area (Å²) in [5.41, 5.74) is 6.35. The Morgan fingerprint density at radius 1 is 0.840 bits per heavy atom. The minimum Gasteiger partial charge on any atom is -0.267 e.